The first-order valence-electron chi connectivity index (χ1n) is 19.1. The number of aromatic amines is 1. The summed E-state index contributed by atoms with van der Waals surface area (Å²) in [4.78, 5) is 75.1. The lowest BCUT2D eigenvalue weighted by Gasteiger charge is -2.25. The second-order valence-electron chi connectivity index (χ2n) is 18.2. The van der Waals surface area contributed by atoms with Crippen LogP contribution in [-0.2, 0) is 35.5 Å². The topological polar surface area (TPSA) is 213 Å². The Labute approximate surface area is 341 Å². The van der Waals surface area contributed by atoms with Gasteiger partial charge in [0.05, 0.1) is 45.7 Å². The fraction of sp³-hybridized carbons (Fsp3) is 0.475. The number of H-pyrrole nitrogens is 1. The standard InChI is InChI=1S/C11H17N4O2.C10H13N3O2.C10H13N3.C9H13N5/c1-11(2,3)15-9(16)13(5)8-12(4)6-7-14(8)10(15)17;1-10(2,3)13-5-11-8-6(14)4-7(15)12-9(8)13;1-10(2,3)13-7-12-8-5-4-6-11-9(8)13;1-9(2,3)14-8-6-7(11-4-10-6)12-5-13-8/h6-7H,1-5H3;5H,4H2,1-3H3,(H,12,15);4-7H,1-3H3;4-5H,1-3H3,(H2,10,11,12,13,14)/q+1;;;. The minimum absolute atomic E-state index is 0.0214. The fourth-order valence-corrected chi connectivity index (χ4v) is 6.16. The van der Waals surface area contributed by atoms with Gasteiger partial charge in [-0.15, -0.1) is 0 Å². The molecule has 0 spiro atoms. The van der Waals surface area contributed by atoms with Crippen molar-refractivity contribution in [3.05, 3.63) is 82.7 Å². The molecule has 0 fully saturated rings. The quantitative estimate of drug-likeness (QED) is 0.157. The summed E-state index contributed by atoms with van der Waals surface area (Å²) in [6.45, 7) is 24.1. The smallest absolute Gasteiger partial charge is 0.364 e. The van der Waals surface area contributed by atoms with Gasteiger partial charge in [0.15, 0.2) is 22.9 Å². The average Bonchev–Trinajstić information content (AvgIpc) is 3.92. The third-order valence-electron chi connectivity index (χ3n) is 8.90. The zero-order valence-electron chi connectivity index (χ0n) is 36.4. The zero-order valence-corrected chi connectivity index (χ0v) is 36.4. The van der Waals surface area contributed by atoms with E-state index in [0.29, 0.717) is 22.9 Å². The van der Waals surface area contributed by atoms with Crippen LogP contribution in [0.4, 0.5) is 11.6 Å². The molecule has 7 aromatic rings. The van der Waals surface area contributed by atoms with Gasteiger partial charge in [-0.25, -0.2) is 48.6 Å². The Hall–Kier alpha value is -6.53. The number of pyridine rings is 1. The normalized spacial score (nSPS) is 13.2. The first-order chi connectivity index (χ1) is 27.3. The molecule has 0 saturated heterocycles. The highest BCUT2D eigenvalue weighted by Crippen LogP contribution is 2.27. The second kappa shape index (κ2) is 16.0. The van der Waals surface area contributed by atoms with Crippen molar-refractivity contribution in [2.45, 2.75) is 112 Å². The van der Waals surface area contributed by atoms with Crippen LogP contribution in [0.2, 0.25) is 0 Å². The van der Waals surface area contributed by atoms with E-state index in [4.69, 9.17) is 0 Å². The van der Waals surface area contributed by atoms with Crippen molar-refractivity contribution in [2.24, 2.45) is 14.1 Å². The van der Waals surface area contributed by atoms with Crippen LogP contribution in [0, 0.1) is 0 Å². The van der Waals surface area contributed by atoms with E-state index in [1.54, 1.807) is 54.5 Å². The molecule has 0 atom stereocenters. The van der Waals surface area contributed by atoms with E-state index < -0.39 is 5.54 Å². The molecule has 0 radical (unpaired) electrons. The van der Waals surface area contributed by atoms with Crippen molar-refractivity contribution in [2.75, 3.05) is 10.6 Å². The van der Waals surface area contributed by atoms with Gasteiger partial charge >= 0.3 is 17.2 Å². The molecule has 1 amide bonds. The van der Waals surface area contributed by atoms with E-state index in [-0.39, 0.29) is 46.1 Å². The van der Waals surface area contributed by atoms with Crippen LogP contribution in [0.5, 0.6) is 0 Å². The van der Waals surface area contributed by atoms with Gasteiger partial charge in [0.25, 0.3) is 0 Å². The number of nitrogens with one attached hydrogen (secondary N) is 3. The zero-order chi connectivity index (χ0) is 43.8. The first kappa shape index (κ1) is 43.6. The Morgan fingerprint density at radius 3 is 2.07 bits per heavy atom. The Morgan fingerprint density at radius 1 is 0.780 bits per heavy atom. The molecule has 0 unspecified atom stereocenters. The Morgan fingerprint density at radius 2 is 1.44 bits per heavy atom. The number of aromatic nitrogens is 13. The summed E-state index contributed by atoms with van der Waals surface area (Å²) in [5.74, 6) is 1.40. The molecule has 1 aliphatic heterocycles. The summed E-state index contributed by atoms with van der Waals surface area (Å²) in [5.41, 5.74) is 2.48. The highest BCUT2D eigenvalue weighted by Gasteiger charge is 2.30. The van der Waals surface area contributed by atoms with Crippen molar-refractivity contribution < 1.29 is 14.2 Å². The number of carbonyl (C=O) groups is 2. The molecule has 0 aromatic carbocycles. The number of aryl methyl sites for hydroxylation is 2. The maximum atomic E-state index is 12.3. The van der Waals surface area contributed by atoms with Gasteiger partial charge in [-0.2, -0.15) is 8.97 Å². The molecular weight excluding hydrogens is 755 g/mol. The monoisotopic (exact) mass is 810 g/mol. The maximum Gasteiger partial charge on any atom is 0.399 e. The lowest BCUT2D eigenvalue weighted by molar-refractivity contribution is -0.647. The number of imidazole rings is 4. The van der Waals surface area contributed by atoms with Gasteiger partial charge in [-0.1, -0.05) is 0 Å². The third kappa shape index (κ3) is 9.61. The predicted molar refractivity (Wildman–Crippen MR) is 225 cm³/mol. The number of nitrogens with zero attached hydrogens (tertiary/aromatic N) is 12. The molecule has 0 saturated carbocycles. The van der Waals surface area contributed by atoms with E-state index in [0.717, 1.165) is 22.5 Å². The third-order valence-corrected chi connectivity index (χ3v) is 8.90. The van der Waals surface area contributed by atoms with Gasteiger partial charge in [0, 0.05) is 28.4 Å². The van der Waals surface area contributed by atoms with Gasteiger partial charge in [-0.3, -0.25) is 9.59 Å². The molecule has 314 valence electrons. The molecule has 7 aromatic heterocycles. The number of hydrogen-bond acceptors (Lipinski definition) is 11. The van der Waals surface area contributed by atoms with Crippen LogP contribution >= 0.6 is 0 Å². The van der Waals surface area contributed by atoms with Gasteiger partial charge < -0.3 is 24.8 Å². The van der Waals surface area contributed by atoms with E-state index in [1.807, 2.05) is 60.0 Å². The molecule has 19 heteroatoms. The lowest BCUT2D eigenvalue weighted by Crippen LogP contribution is -2.51. The molecule has 19 nitrogen and oxygen atoms in total. The lowest BCUT2D eigenvalue weighted by atomic mass is 10.1. The average molecular weight is 811 g/mol. The second-order valence-corrected chi connectivity index (χ2v) is 18.2. The number of amides is 1. The molecular formula is C40H56N15O4+. The van der Waals surface area contributed by atoms with Crippen LogP contribution in [0.25, 0.3) is 28.1 Å². The first-order valence-corrected chi connectivity index (χ1v) is 19.1. The Bertz CT molecular complexity index is 2750. The number of Topliss-reactive ketones (excluding diaryl/α,β-unsaturated/α-hetero) is 1. The summed E-state index contributed by atoms with van der Waals surface area (Å²) >= 11 is 0. The Balaban J connectivity index is 0.000000150. The van der Waals surface area contributed by atoms with Gasteiger partial charge in [0.2, 0.25) is 5.91 Å². The van der Waals surface area contributed by atoms with Crippen LogP contribution in [-0.4, -0.2) is 74.8 Å². The minimum atomic E-state index is -0.539. The number of fused-ring (bicyclic) bond motifs is 4. The number of carbonyl (C=O) groups excluding carboxylic acids is 2. The highest BCUT2D eigenvalue weighted by atomic mass is 16.2. The summed E-state index contributed by atoms with van der Waals surface area (Å²) in [5, 5.41) is 5.97. The van der Waals surface area contributed by atoms with Crippen LogP contribution in [0.1, 0.15) is 100.0 Å². The van der Waals surface area contributed by atoms with Gasteiger partial charge in [-0.05, 0) is 95.2 Å². The SMILES string of the molecule is CC(C)(C)Nc1ncnc2nc[nH]c12.CC(C)(C)n1cnc2c1NC(=O)CC2=O.CC(C)(C)n1cnc2cccnc21.Cn1c(=O)n(C(C)(C)C)c(=O)n2cc[n+](C)c12. The summed E-state index contributed by atoms with van der Waals surface area (Å²) in [6.07, 6.45) is 11.7. The molecule has 0 aliphatic carbocycles. The van der Waals surface area contributed by atoms with Crippen LogP contribution in [0.15, 0.2) is 65.6 Å². The van der Waals surface area contributed by atoms with Crippen molar-refractivity contribution in [1.82, 2.24) is 57.6 Å². The molecule has 1 aliphatic rings. The number of anilines is 2. The van der Waals surface area contributed by atoms with Crippen molar-refractivity contribution in [1.29, 1.82) is 0 Å². The van der Waals surface area contributed by atoms with E-state index in [9.17, 15) is 19.2 Å². The summed E-state index contributed by atoms with van der Waals surface area (Å²) in [7, 11) is 3.47. The molecule has 8 heterocycles. The van der Waals surface area contributed by atoms with Gasteiger partial charge in [0.1, 0.15) is 35.1 Å². The number of hydrogen-bond donors (Lipinski definition) is 3. The van der Waals surface area contributed by atoms with E-state index in [2.05, 4.69) is 91.6 Å². The Kier molecular flexibility index (Phi) is 11.8. The largest absolute Gasteiger partial charge is 0.399 e. The molecule has 3 N–H and O–H groups in total. The number of ketones is 1. The van der Waals surface area contributed by atoms with E-state index >= 15 is 0 Å². The molecule has 59 heavy (non-hydrogen) atoms. The van der Waals surface area contributed by atoms with Crippen LogP contribution < -0.4 is 26.6 Å². The number of rotatable bonds is 1. The summed E-state index contributed by atoms with van der Waals surface area (Å²) < 4.78 is 9.86. The predicted octanol–water partition coefficient (Wildman–Crippen LogP) is 4.29. The van der Waals surface area contributed by atoms with Crippen molar-refractivity contribution in [3.8, 4) is 0 Å². The van der Waals surface area contributed by atoms with Crippen LogP contribution in [0.3, 0.4) is 0 Å². The van der Waals surface area contributed by atoms with E-state index in [1.165, 1.54) is 19.9 Å². The summed E-state index contributed by atoms with van der Waals surface area (Å²) in [6, 6.07) is 3.88. The fourth-order valence-electron chi connectivity index (χ4n) is 6.16. The molecule has 8 rings (SSSR count). The van der Waals surface area contributed by atoms with Crippen molar-refractivity contribution in [3.63, 3.8) is 0 Å². The minimum Gasteiger partial charge on any atom is -0.364 e. The highest BCUT2D eigenvalue weighted by molar-refractivity contribution is 6.17. The van der Waals surface area contributed by atoms with Crippen molar-refractivity contribution >= 4 is 51.4 Å². The molecule has 0 bridgehead atoms. The maximum absolute atomic E-state index is 12.3.